The maximum atomic E-state index is 13.2. The second-order valence-electron chi connectivity index (χ2n) is 6.93. The first-order valence-electron chi connectivity index (χ1n) is 9.11. The lowest BCUT2D eigenvalue weighted by Gasteiger charge is -2.44. The third-order valence-electron chi connectivity index (χ3n) is 4.62. The lowest BCUT2D eigenvalue weighted by Crippen LogP contribution is -2.60. The minimum atomic E-state index is -3.68. The molecule has 0 bridgehead atoms. The van der Waals surface area contributed by atoms with Crippen LogP contribution in [0.15, 0.2) is 65.6 Å². The molecule has 144 valence electrons. The SMILES string of the molecule is CC(C)C1N(C(=O)Nc2ccccc2)CCCN1S(=O)(=O)c1ccccc1. The normalized spacial score (nSPS) is 18.5. The molecule has 2 aromatic carbocycles. The molecule has 7 heteroatoms. The van der Waals surface area contributed by atoms with Crippen LogP contribution in [0.3, 0.4) is 0 Å². The van der Waals surface area contributed by atoms with E-state index in [4.69, 9.17) is 0 Å². The van der Waals surface area contributed by atoms with Gasteiger partial charge in [-0.3, -0.25) is 0 Å². The summed E-state index contributed by atoms with van der Waals surface area (Å²) in [5, 5.41) is 2.87. The zero-order chi connectivity index (χ0) is 19.4. The fraction of sp³-hybridized carbons (Fsp3) is 0.350. The van der Waals surface area contributed by atoms with Gasteiger partial charge in [-0.2, -0.15) is 4.31 Å². The quantitative estimate of drug-likeness (QED) is 0.871. The van der Waals surface area contributed by atoms with Gasteiger partial charge in [0.05, 0.1) is 4.90 Å². The van der Waals surface area contributed by atoms with E-state index in [0.29, 0.717) is 25.2 Å². The number of para-hydroxylation sites is 1. The van der Waals surface area contributed by atoms with E-state index in [9.17, 15) is 13.2 Å². The van der Waals surface area contributed by atoms with Gasteiger partial charge in [0.25, 0.3) is 0 Å². The molecule has 0 radical (unpaired) electrons. The standard InChI is InChI=1S/C20H25N3O3S/c1-16(2)19-22(20(24)21-17-10-5-3-6-11-17)14-9-15-23(19)27(25,26)18-12-7-4-8-13-18/h3-8,10-13,16,19H,9,14-15H2,1-2H3,(H,21,24). The average molecular weight is 388 g/mol. The second-order valence-corrected chi connectivity index (χ2v) is 8.82. The Morgan fingerprint density at radius 2 is 1.59 bits per heavy atom. The molecule has 0 aliphatic carbocycles. The van der Waals surface area contributed by atoms with Crippen LogP contribution in [0.1, 0.15) is 20.3 Å². The lowest BCUT2D eigenvalue weighted by molar-refractivity contribution is 0.0610. The number of nitrogens with zero attached hydrogens (tertiary/aromatic N) is 2. The van der Waals surface area contributed by atoms with Gasteiger partial charge >= 0.3 is 6.03 Å². The van der Waals surface area contributed by atoms with Crippen molar-refractivity contribution in [2.75, 3.05) is 18.4 Å². The van der Waals surface area contributed by atoms with E-state index in [2.05, 4.69) is 5.32 Å². The van der Waals surface area contributed by atoms with E-state index in [1.807, 2.05) is 44.2 Å². The molecular formula is C20H25N3O3S. The highest BCUT2D eigenvalue weighted by Gasteiger charge is 2.41. The smallest absolute Gasteiger partial charge is 0.308 e. The zero-order valence-corrected chi connectivity index (χ0v) is 16.4. The monoisotopic (exact) mass is 387 g/mol. The van der Waals surface area contributed by atoms with Crippen molar-refractivity contribution in [3.8, 4) is 0 Å². The molecule has 1 unspecified atom stereocenters. The summed E-state index contributed by atoms with van der Waals surface area (Å²) in [4.78, 5) is 14.8. The molecule has 1 N–H and O–H groups in total. The van der Waals surface area contributed by atoms with Crippen molar-refractivity contribution in [2.24, 2.45) is 5.92 Å². The number of anilines is 1. The van der Waals surface area contributed by atoms with Gasteiger partial charge in [0, 0.05) is 18.8 Å². The highest BCUT2D eigenvalue weighted by atomic mass is 32.2. The van der Waals surface area contributed by atoms with Crippen LogP contribution in [-0.2, 0) is 10.0 Å². The minimum Gasteiger partial charge on any atom is -0.308 e. The number of nitrogens with one attached hydrogen (secondary N) is 1. The topological polar surface area (TPSA) is 69.7 Å². The average Bonchev–Trinajstić information content (AvgIpc) is 2.68. The Morgan fingerprint density at radius 3 is 2.19 bits per heavy atom. The Kier molecular flexibility index (Phi) is 5.82. The van der Waals surface area contributed by atoms with Crippen LogP contribution in [0.4, 0.5) is 10.5 Å². The fourth-order valence-corrected chi connectivity index (χ4v) is 5.22. The number of urea groups is 1. The largest absolute Gasteiger partial charge is 0.323 e. The van der Waals surface area contributed by atoms with Crippen molar-refractivity contribution in [3.05, 3.63) is 60.7 Å². The van der Waals surface area contributed by atoms with Crippen LogP contribution in [0.25, 0.3) is 0 Å². The van der Waals surface area contributed by atoms with E-state index in [1.54, 1.807) is 35.2 Å². The van der Waals surface area contributed by atoms with Crippen LogP contribution < -0.4 is 5.32 Å². The molecule has 1 fully saturated rings. The van der Waals surface area contributed by atoms with Crippen LogP contribution in [0.2, 0.25) is 0 Å². The van der Waals surface area contributed by atoms with Crippen LogP contribution in [0.5, 0.6) is 0 Å². The highest BCUT2D eigenvalue weighted by Crippen LogP contribution is 2.28. The zero-order valence-electron chi connectivity index (χ0n) is 15.6. The van der Waals surface area contributed by atoms with E-state index in [0.717, 1.165) is 0 Å². The number of sulfonamides is 1. The molecule has 2 amide bonds. The van der Waals surface area contributed by atoms with Gasteiger partial charge in [-0.15, -0.1) is 0 Å². The summed E-state index contributed by atoms with van der Waals surface area (Å²) in [5.74, 6) is -0.0506. The summed E-state index contributed by atoms with van der Waals surface area (Å²) in [6.07, 6.45) is 0.0602. The van der Waals surface area contributed by atoms with Crippen LogP contribution >= 0.6 is 0 Å². The molecule has 27 heavy (non-hydrogen) atoms. The van der Waals surface area contributed by atoms with E-state index < -0.39 is 16.2 Å². The summed E-state index contributed by atoms with van der Waals surface area (Å²) < 4.78 is 27.9. The number of benzene rings is 2. The number of rotatable bonds is 4. The second kappa shape index (κ2) is 8.10. The Bertz CT molecular complexity index is 870. The fourth-order valence-electron chi connectivity index (χ4n) is 3.44. The minimum absolute atomic E-state index is 0.0506. The number of hydrogen-bond donors (Lipinski definition) is 1. The summed E-state index contributed by atoms with van der Waals surface area (Å²) in [6, 6.07) is 17.3. The number of carbonyl (C=O) groups excluding carboxylic acids is 1. The van der Waals surface area contributed by atoms with Gasteiger partial charge in [-0.25, -0.2) is 13.2 Å². The van der Waals surface area contributed by atoms with E-state index in [1.165, 1.54) is 4.31 Å². The van der Waals surface area contributed by atoms with Gasteiger partial charge in [0.15, 0.2) is 0 Å². The van der Waals surface area contributed by atoms with Gasteiger partial charge in [-0.05, 0) is 36.6 Å². The Hall–Kier alpha value is -2.38. The number of carbonyl (C=O) groups is 1. The van der Waals surface area contributed by atoms with Crippen molar-refractivity contribution in [1.82, 2.24) is 9.21 Å². The predicted molar refractivity (Wildman–Crippen MR) is 106 cm³/mol. The number of hydrogen-bond acceptors (Lipinski definition) is 3. The van der Waals surface area contributed by atoms with Crippen molar-refractivity contribution in [1.29, 1.82) is 0 Å². The third kappa shape index (κ3) is 4.14. The molecule has 1 aliphatic rings. The first-order valence-corrected chi connectivity index (χ1v) is 10.5. The molecule has 6 nitrogen and oxygen atoms in total. The summed E-state index contributed by atoms with van der Waals surface area (Å²) in [7, 11) is -3.68. The predicted octanol–water partition coefficient (Wildman–Crippen LogP) is 3.60. The Labute approximate surface area is 160 Å². The van der Waals surface area contributed by atoms with Gasteiger partial charge in [0.2, 0.25) is 10.0 Å². The van der Waals surface area contributed by atoms with Crippen molar-refractivity contribution in [2.45, 2.75) is 31.3 Å². The molecule has 2 aromatic rings. The highest BCUT2D eigenvalue weighted by molar-refractivity contribution is 7.89. The van der Waals surface area contributed by atoms with Crippen molar-refractivity contribution in [3.63, 3.8) is 0 Å². The molecule has 0 saturated carbocycles. The third-order valence-corrected chi connectivity index (χ3v) is 6.51. The molecule has 0 aromatic heterocycles. The number of amides is 2. The molecule has 1 saturated heterocycles. The van der Waals surface area contributed by atoms with Crippen molar-refractivity contribution < 1.29 is 13.2 Å². The molecular weight excluding hydrogens is 362 g/mol. The summed E-state index contributed by atoms with van der Waals surface area (Å²) in [6.45, 7) is 4.79. The Morgan fingerprint density at radius 1 is 1.00 bits per heavy atom. The van der Waals surface area contributed by atoms with Crippen molar-refractivity contribution >= 4 is 21.7 Å². The van der Waals surface area contributed by atoms with Gasteiger partial charge < -0.3 is 10.2 Å². The van der Waals surface area contributed by atoms with Gasteiger partial charge in [-0.1, -0.05) is 50.2 Å². The Balaban J connectivity index is 1.89. The summed E-state index contributed by atoms with van der Waals surface area (Å²) >= 11 is 0. The van der Waals surface area contributed by atoms with Crippen LogP contribution in [0, 0.1) is 5.92 Å². The molecule has 1 heterocycles. The maximum Gasteiger partial charge on any atom is 0.323 e. The molecule has 1 aliphatic heterocycles. The van der Waals surface area contributed by atoms with E-state index >= 15 is 0 Å². The molecule has 0 spiro atoms. The first-order chi connectivity index (χ1) is 12.9. The first kappa shape index (κ1) is 19.4. The lowest BCUT2D eigenvalue weighted by atomic mass is 10.1. The van der Waals surface area contributed by atoms with Crippen LogP contribution in [-0.4, -0.2) is 42.9 Å². The van der Waals surface area contributed by atoms with E-state index in [-0.39, 0.29) is 16.8 Å². The summed E-state index contributed by atoms with van der Waals surface area (Å²) in [5.41, 5.74) is 0.688. The molecule has 3 rings (SSSR count). The molecule has 1 atom stereocenters. The maximum absolute atomic E-state index is 13.2. The van der Waals surface area contributed by atoms with Gasteiger partial charge in [0.1, 0.15) is 6.17 Å².